The van der Waals surface area contributed by atoms with Crippen LogP contribution in [0.15, 0.2) is 6.07 Å². The fourth-order valence-corrected chi connectivity index (χ4v) is 5.89. The van der Waals surface area contributed by atoms with E-state index in [1.54, 1.807) is 0 Å². The van der Waals surface area contributed by atoms with Crippen molar-refractivity contribution in [1.29, 1.82) is 0 Å². The molecule has 2 saturated carbocycles. The van der Waals surface area contributed by atoms with Gasteiger partial charge in [-0.05, 0) is 70.3 Å². The van der Waals surface area contributed by atoms with Crippen LogP contribution < -0.4 is 10.2 Å². The van der Waals surface area contributed by atoms with Crippen LogP contribution in [-0.4, -0.2) is 70.2 Å². The Labute approximate surface area is 218 Å². The molecule has 1 atom stereocenters. The first-order valence-electron chi connectivity index (χ1n) is 14.4. The van der Waals surface area contributed by atoms with Gasteiger partial charge in [0.2, 0.25) is 5.91 Å². The van der Waals surface area contributed by atoms with Gasteiger partial charge in [-0.15, -0.1) is 0 Å². The highest BCUT2D eigenvalue weighted by Crippen LogP contribution is 2.31. The van der Waals surface area contributed by atoms with Crippen molar-refractivity contribution < 1.29 is 9.90 Å². The molecule has 2 aliphatic carbocycles. The summed E-state index contributed by atoms with van der Waals surface area (Å²) < 4.78 is 0. The van der Waals surface area contributed by atoms with E-state index >= 15 is 0 Å². The van der Waals surface area contributed by atoms with Crippen LogP contribution in [-0.2, 0) is 10.2 Å². The Balaban J connectivity index is 1.23. The number of nitrogens with zero attached hydrogens (tertiary/aromatic N) is 4. The average Bonchev–Trinajstić information content (AvgIpc) is 2.80. The lowest BCUT2D eigenvalue weighted by Gasteiger charge is -2.41. The summed E-state index contributed by atoms with van der Waals surface area (Å²) in [6.07, 6.45) is 6.88. The van der Waals surface area contributed by atoms with Gasteiger partial charge in [-0.1, -0.05) is 34.6 Å². The first kappa shape index (κ1) is 27.3. The molecule has 3 fully saturated rings. The van der Waals surface area contributed by atoms with Crippen molar-refractivity contribution in [3.63, 3.8) is 0 Å². The summed E-state index contributed by atoms with van der Waals surface area (Å²) in [5.41, 5.74) is 1.07. The van der Waals surface area contributed by atoms with Crippen molar-refractivity contribution in [2.24, 2.45) is 11.8 Å². The third-order valence-electron chi connectivity index (χ3n) is 8.53. The van der Waals surface area contributed by atoms with Crippen molar-refractivity contribution in [2.75, 3.05) is 31.1 Å². The lowest BCUT2D eigenvalue weighted by molar-refractivity contribution is -0.132. The summed E-state index contributed by atoms with van der Waals surface area (Å²) in [5.74, 6) is 3.38. The highest BCUT2D eigenvalue weighted by Gasteiger charge is 2.35. The van der Waals surface area contributed by atoms with E-state index in [1.165, 1.54) is 19.3 Å². The molecule has 0 unspecified atom stereocenters. The molecule has 36 heavy (non-hydrogen) atoms. The molecule has 0 bridgehead atoms. The lowest BCUT2D eigenvalue weighted by Crippen LogP contribution is -2.52. The number of aliphatic hydroxyl groups is 1. The SMILES string of the molecule is CC(C)c1cc(N2CCN(CCC3CCC(NC(=O)[C@H]4C[C@H](O)C4)CC3)C[C@@H]2C)nc(C(C)(C)C)n1. The number of piperazine rings is 1. The standard InChI is InChI=1S/C29H49N5O2/c1-19(2)25-17-26(32-28(31-25)29(4,5)6)34-14-13-33(18-20(34)3)12-11-21-7-9-23(10-8-21)30-27(36)22-15-24(35)16-22/h17,19-24,35H,7-16,18H2,1-6H3,(H,30,36)/t20-,21?,22-,23?,24-/m0/s1. The Bertz CT molecular complexity index is 884. The second-order valence-electron chi connectivity index (χ2n) is 13.1. The molecule has 1 saturated heterocycles. The molecule has 1 aliphatic heterocycles. The highest BCUT2D eigenvalue weighted by atomic mass is 16.3. The predicted molar refractivity (Wildman–Crippen MR) is 145 cm³/mol. The smallest absolute Gasteiger partial charge is 0.223 e. The maximum atomic E-state index is 12.3. The van der Waals surface area contributed by atoms with Gasteiger partial charge >= 0.3 is 0 Å². The normalized spacial score (nSPS) is 29.8. The van der Waals surface area contributed by atoms with Crippen LogP contribution in [0.4, 0.5) is 5.82 Å². The first-order valence-corrected chi connectivity index (χ1v) is 14.4. The van der Waals surface area contributed by atoms with Crippen molar-refractivity contribution in [3.05, 3.63) is 17.6 Å². The van der Waals surface area contributed by atoms with Gasteiger partial charge in [0.15, 0.2) is 0 Å². The number of hydrogen-bond donors (Lipinski definition) is 2. The number of hydrogen-bond acceptors (Lipinski definition) is 6. The molecular formula is C29H49N5O2. The van der Waals surface area contributed by atoms with Gasteiger partial charge in [0.25, 0.3) is 0 Å². The molecular weight excluding hydrogens is 450 g/mol. The molecule has 1 aromatic rings. The van der Waals surface area contributed by atoms with E-state index in [1.807, 2.05) is 0 Å². The number of rotatable bonds is 7. The topological polar surface area (TPSA) is 81.6 Å². The van der Waals surface area contributed by atoms with Gasteiger partial charge in [-0.3, -0.25) is 9.69 Å². The van der Waals surface area contributed by atoms with Gasteiger partial charge < -0.3 is 15.3 Å². The number of carbonyl (C=O) groups excluding carboxylic acids is 1. The largest absolute Gasteiger partial charge is 0.393 e. The Morgan fingerprint density at radius 2 is 1.83 bits per heavy atom. The summed E-state index contributed by atoms with van der Waals surface area (Å²) >= 11 is 0. The molecule has 202 valence electrons. The van der Waals surface area contributed by atoms with E-state index in [0.29, 0.717) is 30.8 Å². The number of aromatic nitrogens is 2. The summed E-state index contributed by atoms with van der Waals surface area (Å²) in [6.45, 7) is 17.6. The molecule has 1 aromatic heterocycles. The van der Waals surface area contributed by atoms with Crippen LogP contribution in [0.1, 0.15) is 104 Å². The molecule has 2 heterocycles. The summed E-state index contributed by atoms with van der Waals surface area (Å²) in [4.78, 5) is 27.3. The maximum absolute atomic E-state index is 12.3. The fourth-order valence-electron chi connectivity index (χ4n) is 5.89. The number of carbonyl (C=O) groups is 1. The number of aliphatic hydroxyl groups excluding tert-OH is 1. The third-order valence-corrected chi connectivity index (χ3v) is 8.53. The van der Waals surface area contributed by atoms with E-state index in [9.17, 15) is 9.90 Å². The number of nitrogens with one attached hydrogen (secondary N) is 1. The monoisotopic (exact) mass is 499 g/mol. The summed E-state index contributed by atoms with van der Waals surface area (Å²) in [5, 5.41) is 12.7. The zero-order valence-corrected chi connectivity index (χ0v) is 23.5. The van der Waals surface area contributed by atoms with Crippen LogP contribution >= 0.6 is 0 Å². The van der Waals surface area contributed by atoms with Gasteiger partial charge in [0, 0.05) is 54.8 Å². The molecule has 0 radical (unpaired) electrons. The Morgan fingerprint density at radius 1 is 1.14 bits per heavy atom. The fraction of sp³-hybridized carbons (Fsp3) is 0.828. The first-order chi connectivity index (χ1) is 17.0. The minimum Gasteiger partial charge on any atom is -0.393 e. The van der Waals surface area contributed by atoms with E-state index in [4.69, 9.17) is 9.97 Å². The zero-order chi connectivity index (χ0) is 26.0. The molecule has 4 rings (SSSR count). The van der Waals surface area contributed by atoms with E-state index in [-0.39, 0.29) is 23.3 Å². The van der Waals surface area contributed by atoms with Crippen LogP contribution in [0, 0.1) is 11.8 Å². The second kappa shape index (κ2) is 11.3. The van der Waals surface area contributed by atoms with Gasteiger partial charge in [0.05, 0.1) is 6.10 Å². The Kier molecular flexibility index (Phi) is 8.60. The number of anilines is 1. The van der Waals surface area contributed by atoms with Gasteiger partial charge in [-0.25, -0.2) is 9.97 Å². The van der Waals surface area contributed by atoms with Crippen LogP contribution in [0.3, 0.4) is 0 Å². The van der Waals surface area contributed by atoms with Crippen LogP contribution in [0.5, 0.6) is 0 Å². The Hall–Kier alpha value is -1.73. The highest BCUT2D eigenvalue weighted by molar-refractivity contribution is 5.79. The van der Waals surface area contributed by atoms with E-state index < -0.39 is 0 Å². The Morgan fingerprint density at radius 3 is 2.42 bits per heavy atom. The van der Waals surface area contributed by atoms with Crippen LogP contribution in [0.25, 0.3) is 0 Å². The van der Waals surface area contributed by atoms with E-state index in [2.05, 4.69) is 62.7 Å². The quantitative estimate of drug-likeness (QED) is 0.584. The van der Waals surface area contributed by atoms with Crippen molar-refractivity contribution >= 4 is 11.7 Å². The molecule has 1 amide bonds. The van der Waals surface area contributed by atoms with Crippen LogP contribution in [0.2, 0.25) is 0 Å². The zero-order valence-electron chi connectivity index (χ0n) is 23.5. The van der Waals surface area contributed by atoms with Crippen molar-refractivity contribution in [3.8, 4) is 0 Å². The molecule has 7 nitrogen and oxygen atoms in total. The lowest BCUT2D eigenvalue weighted by atomic mass is 9.80. The predicted octanol–water partition coefficient (Wildman–Crippen LogP) is 4.24. The number of amides is 1. The molecule has 0 aromatic carbocycles. The second-order valence-corrected chi connectivity index (χ2v) is 13.1. The molecule has 7 heteroatoms. The maximum Gasteiger partial charge on any atom is 0.223 e. The van der Waals surface area contributed by atoms with Crippen molar-refractivity contribution in [2.45, 2.75) is 116 Å². The average molecular weight is 500 g/mol. The summed E-state index contributed by atoms with van der Waals surface area (Å²) in [7, 11) is 0. The summed E-state index contributed by atoms with van der Waals surface area (Å²) in [6, 6.07) is 2.96. The molecule has 2 N–H and O–H groups in total. The molecule has 3 aliphatic rings. The van der Waals surface area contributed by atoms with E-state index in [0.717, 1.165) is 62.3 Å². The van der Waals surface area contributed by atoms with Gasteiger partial charge in [-0.2, -0.15) is 0 Å². The third kappa shape index (κ3) is 6.77. The molecule has 0 spiro atoms. The minimum atomic E-state index is -0.263. The minimum absolute atomic E-state index is 0.0396. The van der Waals surface area contributed by atoms with Crippen molar-refractivity contribution in [1.82, 2.24) is 20.2 Å². The van der Waals surface area contributed by atoms with Gasteiger partial charge in [0.1, 0.15) is 11.6 Å².